The molecule has 0 spiro atoms. The van der Waals surface area contributed by atoms with Gasteiger partial charge in [-0.25, -0.2) is 4.39 Å². The number of nitrogens with zero attached hydrogens (tertiary/aromatic N) is 3. The molecule has 0 aromatic heterocycles. The van der Waals surface area contributed by atoms with Crippen molar-refractivity contribution in [1.29, 1.82) is 0 Å². The monoisotopic (exact) mass is 316 g/mol. The fraction of sp³-hybridized carbons (Fsp3) is 0.125. The van der Waals surface area contributed by atoms with Gasteiger partial charge in [0.1, 0.15) is 12.4 Å². The Bertz CT molecular complexity index is 944. The number of likely N-dealkylation sites (N-methyl/N-ethyl adjacent to an activating group) is 1. The number of halogens is 1. The van der Waals surface area contributed by atoms with Crippen molar-refractivity contribution in [2.75, 3.05) is 18.4 Å². The number of aliphatic imine (C=N–C) groups is 1. The van der Waals surface area contributed by atoms with Crippen LogP contribution in [0.2, 0.25) is 0 Å². The zero-order valence-corrected chi connectivity index (χ0v) is 11.7. The lowest BCUT2D eigenvalue weighted by molar-refractivity contribution is -0.384. The molecule has 2 aromatic rings. The maximum absolute atomic E-state index is 14.3. The standard InChI is InChI=1S/C16H12FN3O3/c1-19-14-7-6-10(20(22)23)8-12(14)16(18-9-15(19)21)11-4-2-3-5-13(11)17/h2-8H,9H2,1H3/i1D3. The second-order valence-electron chi connectivity index (χ2n) is 4.83. The number of anilines is 1. The summed E-state index contributed by atoms with van der Waals surface area (Å²) in [5.41, 5.74) is -0.393. The van der Waals surface area contributed by atoms with Gasteiger partial charge < -0.3 is 4.90 Å². The summed E-state index contributed by atoms with van der Waals surface area (Å²) in [6, 6.07) is 8.96. The van der Waals surface area contributed by atoms with Crippen molar-refractivity contribution in [2.45, 2.75) is 0 Å². The van der Waals surface area contributed by atoms with E-state index in [1.807, 2.05) is 0 Å². The first kappa shape index (κ1) is 11.5. The van der Waals surface area contributed by atoms with Crippen LogP contribution in [-0.4, -0.2) is 30.1 Å². The van der Waals surface area contributed by atoms with Crippen LogP contribution in [0.25, 0.3) is 0 Å². The molecule has 0 fully saturated rings. The topological polar surface area (TPSA) is 75.8 Å². The van der Waals surface area contributed by atoms with Crippen molar-refractivity contribution in [3.8, 4) is 0 Å². The fourth-order valence-electron chi connectivity index (χ4n) is 2.34. The predicted molar refractivity (Wildman–Crippen MR) is 83.4 cm³/mol. The molecule has 1 aliphatic heterocycles. The maximum Gasteiger partial charge on any atom is 0.270 e. The van der Waals surface area contributed by atoms with Gasteiger partial charge in [0.25, 0.3) is 5.69 Å². The molecular formula is C16H12FN3O3. The number of benzodiazepines with no additional fused rings is 1. The zero-order valence-electron chi connectivity index (χ0n) is 14.7. The van der Waals surface area contributed by atoms with Gasteiger partial charge in [-0.15, -0.1) is 0 Å². The number of benzene rings is 2. The number of hydrogen-bond donors (Lipinski definition) is 0. The van der Waals surface area contributed by atoms with Gasteiger partial charge in [-0.3, -0.25) is 19.9 Å². The van der Waals surface area contributed by atoms with Crippen LogP contribution < -0.4 is 4.90 Å². The van der Waals surface area contributed by atoms with Crippen LogP contribution in [0, 0.1) is 15.9 Å². The van der Waals surface area contributed by atoms with Crippen LogP contribution in [-0.2, 0) is 4.79 Å². The molecule has 0 unspecified atom stereocenters. The van der Waals surface area contributed by atoms with Crippen LogP contribution in [0.3, 0.4) is 0 Å². The number of nitro groups is 1. The van der Waals surface area contributed by atoms with Crippen LogP contribution >= 0.6 is 0 Å². The van der Waals surface area contributed by atoms with Crippen LogP contribution in [0.1, 0.15) is 15.2 Å². The average Bonchev–Trinajstić information content (AvgIpc) is 2.70. The van der Waals surface area contributed by atoms with Gasteiger partial charge in [0.05, 0.1) is 16.3 Å². The van der Waals surface area contributed by atoms with Crippen molar-refractivity contribution in [1.82, 2.24) is 0 Å². The Morgan fingerprint density at radius 2 is 2.09 bits per heavy atom. The Balaban J connectivity index is 2.31. The summed E-state index contributed by atoms with van der Waals surface area (Å²) in [5, 5.41) is 11.1. The van der Waals surface area contributed by atoms with E-state index in [2.05, 4.69) is 4.99 Å². The molecule has 7 heteroatoms. The first-order valence-corrected chi connectivity index (χ1v) is 6.61. The van der Waals surface area contributed by atoms with E-state index < -0.39 is 30.2 Å². The number of amides is 1. The fourth-order valence-corrected chi connectivity index (χ4v) is 2.34. The third kappa shape index (κ3) is 2.57. The second-order valence-corrected chi connectivity index (χ2v) is 4.83. The Hall–Kier alpha value is -3.09. The average molecular weight is 316 g/mol. The van der Waals surface area contributed by atoms with Crippen molar-refractivity contribution in [3.05, 3.63) is 69.5 Å². The lowest BCUT2D eigenvalue weighted by atomic mass is 9.99. The van der Waals surface area contributed by atoms with Gasteiger partial charge in [0, 0.05) is 34.3 Å². The van der Waals surface area contributed by atoms with E-state index in [-0.39, 0.29) is 28.2 Å². The maximum atomic E-state index is 14.3. The van der Waals surface area contributed by atoms with E-state index in [4.69, 9.17) is 4.11 Å². The first-order valence-electron chi connectivity index (χ1n) is 8.11. The number of hydrogen-bond acceptors (Lipinski definition) is 4. The van der Waals surface area contributed by atoms with Gasteiger partial charge in [-0.1, -0.05) is 12.1 Å². The van der Waals surface area contributed by atoms with Gasteiger partial charge >= 0.3 is 0 Å². The van der Waals surface area contributed by atoms with Crippen molar-refractivity contribution in [2.24, 2.45) is 4.99 Å². The molecule has 1 aliphatic rings. The highest BCUT2D eigenvalue weighted by Crippen LogP contribution is 2.30. The minimum absolute atomic E-state index is 0.00581. The van der Waals surface area contributed by atoms with E-state index in [1.54, 1.807) is 6.07 Å². The second kappa shape index (κ2) is 5.60. The van der Waals surface area contributed by atoms with Crippen molar-refractivity contribution >= 4 is 23.0 Å². The summed E-state index contributed by atoms with van der Waals surface area (Å²) in [6.07, 6.45) is 0. The highest BCUT2D eigenvalue weighted by molar-refractivity contribution is 6.19. The van der Waals surface area contributed by atoms with Gasteiger partial charge in [-0.05, 0) is 18.2 Å². The van der Waals surface area contributed by atoms with E-state index in [1.165, 1.54) is 24.3 Å². The minimum atomic E-state index is -2.82. The van der Waals surface area contributed by atoms with Gasteiger partial charge in [0.15, 0.2) is 0 Å². The van der Waals surface area contributed by atoms with Crippen LogP contribution in [0.15, 0.2) is 47.5 Å². The molecule has 23 heavy (non-hydrogen) atoms. The highest BCUT2D eigenvalue weighted by atomic mass is 19.1. The largest absolute Gasteiger partial charge is 0.313 e. The molecule has 0 aliphatic carbocycles. The number of non-ortho nitro benzene ring substituents is 1. The van der Waals surface area contributed by atoms with Gasteiger partial charge in [-0.2, -0.15) is 0 Å². The van der Waals surface area contributed by atoms with Crippen molar-refractivity contribution < 1.29 is 18.2 Å². The number of nitro benzene ring substituents is 1. The molecule has 0 radical (unpaired) electrons. The lowest BCUT2D eigenvalue weighted by Crippen LogP contribution is -2.27. The van der Waals surface area contributed by atoms with E-state index >= 15 is 0 Å². The normalized spacial score (nSPS) is 16.6. The van der Waals surface area contributed by atoms with E-state index in [9.17, 15) is 19.3 Å². The molecule has 6 nitrogen and oxygen atoms in total. The Morgan fingerprint density at radius 3 is 2.78 bits per heavy atom. The smallest absolute Gasteiger partial charge is 0.270 e. The summed E-state index contributed by atoms with van der Waals surface area (Å²) < 4.78 is 37.1. The van der Waals surface area contributed by atoms with Crippen LogP contribution in [0.4, 0.5) is 15.8 Å². The quantitative estimate of drug-likeness (QED) is 0.631. The molecule has 0 bridgehead atoms. The molecule has 2 aromatic carbocycles. The third-order valence-corrected chi connectivity index (χ3v) is 3.44. The highest BCUT2D eigenvalue weighted by Gasteiger charge is 2.25. The molecule has 0 N–H and O–H groups in total. The number of carbonyl (C=O) groups is 1. The molecule has 1 heterocycles. The Kier molecular flexibility index (Phi) is 2.79. The number of carbonyl (C=O) groups excluding carboxylic acids is 1. The number of fused-ring (bicyclic) bond motifs is 1. The predicted octanol–water partition coefficient (Wildman–Crippen LogP) is 2.55. The Morgan fingerprint density at radius 1 is 1.30 bits per heavy atom. The molecule has 0 saturated heterocycles. The van der Waals surface area contributed by atoms with E-state index in [0.29, 0.717) is 4.90 Å². The summed E-state index contributed by atoms with van der Waals surface area (Å²) in [7, 11) is 0. The SMILES string of the molecule is [2H]C([2H])([2H])N1C(=O)CN=C(c2ccccc2F)c2cc([N+](=O)[O-])ccc21. The van der Waals surface area contributed by atoms with E-state index in [0.717, 1.165) is 12.1 Å². The van der Waals surface area contributed by atoms with Crippen molar-refractivity contribution in [3.63, 3.8) is 0 Å². The summed E-state index contributed by atoms with van der Waals surface area (Å²) in [5.74, 6) is -1.45. The Labute approximate surface area is 135 Å². The number of rotatable bonds is 2. The molecule has 0 saturated carbocycles. The molecule has 3 rings (SSSR count). The summed E-state index contributed by atoms with van der Waals surface area (Å²) in [4.78, 5) is 27.4. The zero-order chi connectivity index (χ0) is 19.1. The van der Waals surface area contributed by atoms with Gasteiger partial charge in [0.2, 0.25) is 5.91 Å². The molecule has 0 atom stereocenters. The molecule has 1 amide bonds. The molecule has 116 valence electrons. The minimum Gasteiger partial charge on any atom is -0.313 e. The summed E-state index contributed by atoms with van der Waals surface area (Å²) in [6.45, 7) is -3.34. The third-order valence-electron chi connectivity index (χ3n) is 3.44. The molecular weight excluding hydrogens is 301 g/mol. The van der Waals surface area contributed by atoms with Crippen LogP contribution in [0.5, 0.6) is 0 Å². The first-order chi connectivity index (χ1) is 12.2. The lowest BCUT2D eigenvalue weighted by Gasteiger charge is -2.17. The summed E-state index contributed by atoms with van der Waals surface area (Å²) >= 11 is 0.